The van der Waals surface area contributed by atoms with E-state index >= 15 is 0 Å². The van der Waals surface area contributed by atoms with E-state index in [0.29, 0.717) is 55.3 Å². The standard InChI is InChI=1S/C30H28N4O4/c1-33-12-3-7-27(33)30(36)34-13-10-20-15-24-8-9-26(20)28(34)21-5-2-6-23(16-21)37-14-4-11-32-29(35)22-17-25(38-24)19-31-18-22/h2-3,5-9,12,15-19,28H,4,10-11,13-14H2,1H3,(H,32,35). The first-order valence-corrected chi connectivity index (χ1v) is 12.8. The van der Waals surface area contributed by atoms with E-state index in [0.717, 1.165) is 22.4 Å². The molecule has 1 N–H and O–H groups in total. The molecule has 2 aromatic carbocycles. The highest BCUT2D eigenvalue weighted by atomic mass is 16.5. The second-order valence-corrected chi connectivity index (χ2v) is 9.56. The van der Waals surface area contributed by atoms with Gasteiger partial charge in [0.1, 0.15) is 22.9 Å². The van der Waals surface area contributed by atoms with Crippen molar-refractivity contribution in [1.82, 2.24) is 19.8 Å². The number of pyridine rings is 1. The number of fused-ring (bicyclic) bond motifs is 6. The lowest BCUT2D eigenvalue weighted by atomic mass is 9.87. The van der Waals surface area contributed by atoms with Crippen LogP contribution in [0.3, 0.4) is 0 Å². The van der Waals surface area contributed by atoms with Gasteiger partial charge in [0.25, 0.3) is 11.8 Å². The van der Waals surface area contributed by atoms with Crippen molar-refractivity contribution in [2.45, 2.75) is 18.9 Å². The van der Waals surface area contributed by atoms with Crippen LogP contribution in [0, 0.1) is 0 Å². The van der Waals surface area contributed by atoms with Gasteiger partial charge in [-0.2, -0.15) is 0 Å². The molecule has 0 spiro atoms. The minimum Gasteiger partial charge on any atom is -0.494 e. The van der Waals surface area contributed by atoms with E-state index in [-0.39, 0.29) is 17.9 Å². The molecule has 3 aliphatic heterocycles. The predicted octanol–water partition coefficient (Wildman–Crippen LogP) is 4.51. The van der Waals surface area contributed by atoms with Crippen molar-refractivity contribution < 1.29 is 19.1 Å². The number of amides is 2. The Morgan fingerprint density at radius 1 is 1.03 bits per heavy atom. The Morgan fingerprint density at radius 3 is 2.82 bits per heavy atom. The SMILES string of the molecule is Cn1cccc1C(=O)N1CCc2cc3ccc2C1c1cccc(c1)OCCCNC(=O)c1cncc(c1)O3. The summed E-state index contributed by atoms with van der Waals surface area (Å²) in [5, 5.41) is 2.91. The third-order valence-electron chi connectivity index (χ3n) is 7.03. The fourth-order valence-corrected chi connectivity index (χ4v) is 5.15. The molecule has 0 saturated carbocycles. The molecule has 1 unspecified atom stereocenters. The molecule has 0 fully saturated rings. The van der Waals surface area contributed by atoms with Crippen LogP contribution < -0.4 is 14.8 Å². The number of aromatic nitrogens is 2. The van der Waals surface area contributed by atoms with Crippen LogP contribution in [0.2, 0.25) is 0 Å². The molecular weight excluding hydrogens is 480 g/mol. The number of ether oxygens (including phenoxy) is 2. The summed E-state index contributed by atoms with van der Waals surface area (Å²) in [6.45, 7) is 1.48. The normalized spacial score (nSPS) is 17.0. The Bertz CT molecular complexity index is 1510. The molecule has 38 heavy (non-hydrogen) atoms. The van der Waals surface area contributed by atoms with Crippen molar-refractivity contribution in [1.29, 1.82) is 0 Å². The van der Waals surface area contributed by atoms with Crippen molar-refractivity contribution in [3.8, 4) is 17.2 Å². The van der Waals surface area contributed by atoms with Gasteiger partial charge >= 0.3 is 0 Å². The molecule has 0 saturated heterocycles. The molecule has 8 heteroatoms. The van der Waals surface area contributed by atoms with E-state index in [2.05, 4.69) is 10.3 Å². The molecule has 3 aliphatic rings. The number of benzene rings is 2. The van der Waals surface area contributed by atoms with E-state index in [1.807, 2.05) is 77.3 Å². The monoisotopic (exact) mass is 508 g/mol. The zero-order valence-electron chi connectivity index (χ0n) is 21.1. The molecule has 0 aliphatic carbocycles. The van der Waals surface area contributed by atoms with Gasteiger partial charge < -0.3 is 24.3 Å². The zero-order chi connectivity index (χ0) is 26.1. The smallest absolute Gasteiger partial charge is 0.271 e. The Kier molecular flexibility index (Phi) is 6.29. The van der Waals surface area contributed by atoms with Crippen LogP contribution in [0.15, 0.2) is 79.3 Å². The van der Waals surface area contributed by atoms with Crippen molar-refractivity contribution in [2.75, 3.05) is 19.7 Å². The number of carbonyl (C=O) groups is 2. The summed E-state index contributed by atoms with van der Waals surface area (Å²) in [6.07, 6.45) is 6.34. The third kappa shape index (κ3) is 4.61. The average Bonchev–Trinajstić information content (AvgIpc) is 3.37. The van der Waals surface area contributed by atoms with Crippen LogP contribution in [0.4, 0.5) is 0 Å². The lowest BCUT2D eigenvalue weighted by molar-refractivity contribution is 0.0684. The van der Waals surface area contributed by atoms with E-state index in [1.165, 1.54) is 6.20 Å². The van der Waals surface area contributed by atoms with Crippen molar-refractivity contribution >= 4 is 11.8 Å². The lowest BCUT2D eigenvalue weighted by Crippen LogP contribution is -2.41. The van der Waals surface area contributed by atoms with Crippen LogP contribution in [0.5, 0.6) is 17.2 Å². The number of nitrogens with one attached hydrogen (secondary N) is 1. The first-order valence-electron chi connectivity index (χ1n) is 12.8. The van der Waals surface area contributed by atoms with Gasteiger partial charge in [-0.3, -0.25) is 14.6 Å². The second-order valence-electron chi connectivity index (χ2n) is 9.56. The van der Waals surface area contributed by atoms with Gasteiger partial charge in [-0.25, -0.2) is 0 Å². The average molecular weight is 509 g/mol. The van der Waals surface area contributed by atoms with Crippen LogP contribution >= 0.6 is 0 Å². The number of rotatable bonds is 1. The van der Waals surface area contributed by atoms with Gasteiger partial charge in [-0.1, -0.05) is 18.2 Å². The number of hydrogen-bond acceptors (Lipinski definition) is 5. The van der Waals surface area contributed by atoms with E-state index in [1.54, 1.807) is 12.3 Å². The maximum absolute atomic E-state index is 13.8. The molecule has 2 amide bonds. The number of carbonyl (C=O) groups excluding carboxylic acids is 2. The minimum absolute atomic E-state index is 0.0134. The van der Waals surface area contributed by atoms with Gasteiger partial charge in [-0.05, 0) is 72.0 Å². The van der Waals surface area contributed by atoms with Gasteiger partial charge in [0.15, 0.2) is 0 Å². The first-order chi connectivity index (χ1) is 18.6. The topological polar surface area (TPSA) is 85.7 Å². The molecule has 5 heterocycles. The summed E-state index contributed by atoms with van der Waals surface area (Å²) in [5.74, 6) is 1.65. The quantitative estimate of drug-likeness (QED) is 0.409. The molecule has 8 nitrogen and oxygen atoms in total. The van der Waals surface area contributed by atoms with Gasteiger partial charge in [-0.15, -0.1) is 0 Å². The molecule has 192 valence electrons. The fraction of sp³-hybridized carbons (Fsp3) is 0.233. The molecule has 0 radical (unpaired) electrons. The Balaban J connectivity index is 1.43. The summed E-state index contributed by atoms with van der Waals surface area (Å²) >= 11 is 0. The van der Waals surface area contributed by atoms with E-state index in [4.69, 9.17) is 9.47 Å². The summed E-state index contributed by atoms with van der Waals surface area (Å²) in [5.41, 5.74) is 4.22. The van der Waals surface area contributed by atoms with Gasteiger partial charge in [0.2, 0.25) is 0 Å². The van der Waals surface area contributed by atoms with E-state index in [9.17, 15) is 9.59 Å². The van der Waals surface area contributed by atoms with Crippen molar-refractivity contribution in [3.63, 3.8) is 0 Å². The third-order valence-corrected chi connectivity index (χ3v) is 7.03. The maximum atomic E-state index is 13.8. The van der Waals surface area contributed by atoms with Crippen LogP contribution in [0.25, 0.3) is 0 Å². The van der Waals surface area contributed by atoms with Crippen molar-refractivity contribution in [2.24, 2.45) is 7.05 Å². The van der Waals surface area contributed by atoms with Crippen LogP contribution in [0.1, 0.15) is 50.0 Å². The maximum Gasteiger partial charge on any atom is 0.271 e. The summed E-state index contributed by atoms with van der Waals surface area (Å²) in [6, 6.07) is 19.0. The first kappa shape index (κ1) is 23.8. The zero-order valence-corrected chi connectivity index (χ0v) is 21.1. The minimum atomic E-state index is -0.276. The Hall–Kier alpha value is -4.59. The Morgan fingerprint density at radius 2 is 1.95 bits per heavy atom. The lowest BCUT2D eigenvalue weighted by Gasteiger charge is -2.38. The van der Waals surface area contributed by atoms with Crippen molar-refractivity contribution in [3.05, 3.63) is 107 Å². The summed E-state index contributed by atoms with van der Waals surface area (Å²) < 4.78 is 14.0. The molecule has 8 bridgehead atoms. The number of nitrogens with zero attached hydrogens (tertiary/aromatic N) is 3. The van der Waals surface area contributed by atoms with Gasteiger partial charge in [0, 0.05) is 32.5 Å². The molecule has 1 atom stereocenters. The highest BCUT2D eigenvalue weighted by Crippen LogP contribution is 2.39. The van der Waals surface area contributed by atoms with Crippen LogP contribution in [-0.4, -0.2) is 46.0 Å². The molecular formula is C30H28N4O4. The largest absolute Gasteiger partial charge is 0.494 e. The second kappa shape index (κ2) is 10.0. The summed E-state index contributed by atoms with van der Waals surface area (Å²) in [4.78, 5) is 32.5. The molecule has 7 rings (SSSR count). The van der Waals surface area contributed by atoms with Gasteiger partial charge in [0.05, 0.1) is 24.4 Å². The highest BCUT2D eigenvalue weighted by molar-refractivity contribution is 5.94. The number of aryl methyl sites for hydroxylation is 1. The Labute approximate surface area is 220 Å². The fourth-order valence-electron chi connectivity index (χ4n) is 5.15. The molecule has 4 aromatic rings. The summed E-state index contributed by atoms with van der Waals surface area (Å²) in [7, 11) is 1.89. The van der Waals surface area contributed by atoms with Crippen LogP contribution in [-0.2, 0) is 13.5 Å². The highest BCUT2D eigenvalue weighted by Gasteiger charge is 2.34. The van der Waals surface area contributed by atoms with E-state index < -0.39 is 0 Å². The number of hydrogen-bond donors (Lipinski definition) is 1. The molecule has 2 aromatic heterocycles. The predicted molar refractivity (Wildman–Crippen MR) is 142 cm³/mol.